The minimum Gasteiger partial charge on any atom is -0.346 e. The summed E-state index contributed by atoms with van der Waals surface area (Å²) in [5, 5.41) is 0. The van der Waals surface area contributed by atoms with Crippen LogP contribution < -0.4 is 0 Å². The molecule has 2 unspecified atom stereocenters. The van der Waals surface area contributed by atoms with Crippen molar-refractivity contribution in [1.29, 1.82) is 0 Å². The average Bonchev–Trinajstić information content (AvgIpc) is 3.20. The SMILES string of the molecule is Cc1nc2c([nH]1)CC(C(=O)N1CCC(Cc3ccccc3)C1)CC2. The summed E-state index contributed by atoms with van der Waals surface area (Å²) >= 11 is 0. The van der Waals surface area contributed by atoms with Crippen LogP contribution in [-0.4, -0.2) is 33.9 Å². The van der Waals surface area contributed by atoms with E-state index < -0.39 is 0 Å². The van der Waals surface area contributed by atoms with Crippen molar-refractivity contribution in [2.75, 3.05) is 13.1 Å². The van der Waals surface area contributed by atoms with Crippen LogP contribution in [0.2, 0.25) is 0 Å². The largest absolute Gasteiger partial charge is 0.346 e. The molecule has 1 fully saturated rings. The van der Waals surface area contributed by atoms with Gasteiger partial charge in [0.05, 0.1) is 5.69 Å². The molecule has 0 saturated carbocycles. The van der Waals surface area contributed by atoms with Gasteiger partial charge in [-0.1, -0.05) is 30.3 Å². The van der Waals surface area contributed by atoms with Crippen LogP contribution in [0.5, 0.6) is 0 Å². The number of benzene rings is 1. The lowest BCUT2D eigenvalue weighted by atomic mass is 9.89. The molecule has 1 aliphatic carbocycles. The quantitative estimate of drug-likeness (QED) is 0.944. The van der Waals surface area contributed by atoms with Gasteiger partial charge in [0.1, 0.15) is 5.82 Å². The number of aryl methyl sites for hydroxylation is 2. The minimum absolute atomic E-state index is 0.132. The third-order valence-corrected chi connectivity index (χ3v) is 5.48. The fourth-order valence-corrected chi connectivity index (χ4v) is 4.24. The van der Waals surface area contributed by atoms with E-state index in [4.69, 9.17) is 0 Å². The van der Waals surface area contributed by atoms with E-state index in [1.807, 2.05) is 6.92 Å². The van der Waals surface area contributed by atoms with Crippen LogP contribution in [0.25, 0.3) is 0 Å². The van der Waals surface area contributed by atoms with Crippen molar-refractivity contribution < 1.29 is 4.79 Å². The number of hydrogen-bond acceptors (Lipinski definition) is 2. The van der Waals surface area contributed by atoms with Gasteiger partial charge in [0.25, 0.3) is 0 Å². The zero-order valence-electron chi connectivity index (χ0n) is 14.3. The molecule has 2 aromatic rings. The molecule has 4 heteroatoms. The van der Waals surface area contributed by atoms with Crippen LogP contribution in [0.3, 0.4) is 0 Å². The number of H-pyrrole nitrogens is 1. The van der Waals surface area contributed by atoms with Gasteiger partial charge in [-0.3, -0.25) is 4.79 Å². The van der Waals surface area contributed by atoms with Crippen LogP contribution in [-0.2, 0) is 24.1 Å². The molecule has 2 aliphatic rings. The highest BCUT2D eigenvalue weighted by atomic mass is 16.2. The standard InChI is InChI=1S/C20H25N3O/c1-14-21-18-8-7-17(12-19(18)22-14)20(24)23-10-9-16(13-23)11-15-5-3-2-4-6-15/h2-6,16-17H,7-13H2,1H3,(H,21,22). The number of imidazole rings is 1. The Balaban J connectivity index is 1.36. The van der Waals surface area contributed by atoms with Crippen molar-refractivity contribution in [1.82, 2.24) is 14.9 Å². The number of hydrogen-bond donors (Lipinski definition) is 1. The van der Waals surface area contributed by atoms with Gasteiger partial charge in [0, 0.05) is 31.1 Å². The normalized spacial score (nSPS) is 23.3. The fourth-order valence-electron chi connectivity index (χ4n) is 4.24. The highest BCUT2D eigenvalue weighted by Crippen LogP contribution is 2.28. The summed E-state index contributed by atoms with van der Waals surface area (Å²) in [6.07, 6.45) is 4.91. The number of aromatic amines is 1. The number of nitrogens with one attached hydrogen (secondary N) is 1. The van der Waals surface area contributed by atoms with E-state index in [2.05, 4.69) is 45.2 Å². The van der Waals surface area contributed by atoms with Crippen molar-refractivity contribution in [2.45, 2.75) is 39.0 Å². The molecule has 1 aliphatic heterocycles. The maximum Gasteiger partial charge on any atom is 0.226 e. The van der Waals surface area contributed by atoms with E-state index >= 15 is 0 Å². The lowest BCUT2D eigenvalue weighted by Gasteiger charge is -2.26. The lowest BCUT2D eigenvalue weighted by molar-refractivity contribution is -0.135. The van der Waals surface area contributed by atoms with Gasteiger partial charge >= 0.3 is 0 Å². The van der Waals surface area contributed by atoms with Crippen molar-refractivity contribution in [3.05, 3.63) is 53.1 Å². The van der Waals surface area contributed by atoms with Gasteiger partial charge in [-0.2, -0.15) is 0 Å². The predicted molar refractivity (Wildman–Crippen MR) is 93.7 cm³/mol. The molecule has 0 bridgehead atoms. The van der Waals surface area contributed by atoms with E-state index in [9.17, 15) is 4.79 Å². The first-order valence-electron chi connectivity index (χ1n) is 9.06. The molecule has 4 rings (SSSR count). The lowest BCUT2D eigenvalue weighted by Crippen LogP contribution is -2.37. The van der Waals surface area contributed by atoms with Crippen molar-refractivity contribution in [3.63, 3.8) is 0 Å². The number of fused-ring (bicyclic) bond motifs is 1. The Morgan fingerprint density at radius 2 is 2.12 bits per heavy atom. The summed E-state index contributed by atoms with van der Waals surface area (Å²) in [6, 6.07) is 10.6. The Bertz CT molecular complexity index is 722. The monoisotopic (exact) mass is 323 g/mol. The smallest absolute Gasteiger partial charge is 0.226 e. The Hall–Kier alpha value is -2.10. The Labute approximate surface area is 143 Å². The second-order valence-electron chi connectivity index (χ2n) is 7.32. The zero-order chi connectivity index (χ0) is 16.5. The second-order valence-corrected chi connectivity index (χ2v) is 7.32. The van der Waals surface area contributed by atoms with Crippen molar-refractivity contribution >= 4 is 5.91 Å². The molecule has 2 heterocycles. The number of aromatic nitrogens is 2. The van der Waals surface area contributed by atoms with E-state index in [0.717, 1.165) is 51.0 Å². The van der Waals surface area contributed by atoms with Gasteiger partial charge in [-0.05, 0) is 44.1 Å². The zero-order valence-corrected chi connectivity index (χ0v) is 14.3. The van der Waals surface area contributed by atoms with Gasteiger partial charge in [-0.15, -0.1) is 0 Å². The van der Waals surface area contributed by atoms with Crippen LogP contribution >= 0.6 is 0 Å². The van der Waals surface area contributed by atoms with Gasteiger partial charge in [0.15, 0.2) is 0 Å². The van der Waals surface area contributed by atoms with Crippen molar-refractivity contribution in [2.24, 2.45) is 11.8 Å². The summed E-state index contributed by atoms with van der Waals surface area (Å²) in [7, 11) is 0. The number of likely N-dealkylation sites (tertiary alicyclic amines) is 1. The molecule has 1 aromatic carbocycles. The Kier molecular flexibility index (Phi) is 4.13. The topological polar surface area (TPSA) is 49.0 Å². The number of carbonyl (C=O) groups excluding carboxylic acids is 1. The van der Waals surface area contributed by atoms with Gasteiger partial charge in [0.2, 0.25) is 5.91 Å². The number of amides is 1. The molecule has 1 saturated heterocycles. The average molecular weight is 323 g/mol. The Morgan fingerprint density at radius 1 is 1.29 bits per heavy atom. The van der Waals surface area contributed by atoms with E-state index in [1.165, 1.54) is 17.0 Å². The summed E-state index contributed by atoms with van der Waals surface area (Å²) in [6.45, 7) is 3.82. The Morgan fingerprint density at radius 3 is 2.96 bits per heavy atom. The third-order valence-electron chi connectivity index (χ3n) is 5.48. The number of rotatable bonds is 3. The molecule has 0 radical (unpaired) electrons. The first-order valence-corrected chi connectivity index (χ1v) is 9.06. The first kappa shape index (κ1) is 15.4. The molecular weight excluding hydrogens is 298 g/mol. The maximum absolute atomic E-state index is 12.9. The third kappa shape index (κ3) is 3.10. The first-order chi connectivity index (χ1) is 11.7. The molecule has 126 valence electrons. The molecule has 0 spiro atoms. The van der Waals surface area contributed by atoms with E-state index in [0.29, 0.717) is 11.8 Å². The van der Waals surface area contributed by atoms with E-state index in [1.54, 1.807) is 0 Å². The summed E-state index contributed by atoms with van der Waals surface area (Å²) in [4.78, 5) is 22.9. The highest BCUT2D eigenvalue weighted by molar-refractivity contribution is 5.79. The predicted octanol–water partition coefficient (Wildman–Crippen LogP) is 2.91. The minimum atomic E-state index is 0.132. The second kappa shape index (κ2) is 6.42. The van der Waals surface area contributed by atoms with Gasteiger partial charge < -0.3 is 9.88 Å². The van der Waals surface area contributed by atoms with E-state index in [-0.39, 0.29) is 5.92 Å². The number of nitrogens with zero attached hydrogens (tertiary/aromatic N) is 2. The summed E-state index contributed by atoms with van der Waals surface area (Å²) in [5.74, 6) is 2.05. The molecule has 4 nitrogen and oxygen atoms in total. The molecular formula is C20H25N3O. The molecule has 1 N–H and O–H groups in total. The van der Waals surface area contributed by atoms with Crippen LogP contribution in [0.15, 0.2) is 30.3 Å². The van der Waals surface area contributed by atoms with Crippen LogP contribution in [0, 0.1) is 18.8 Å². The van der Waals surface area contributed by atoms with Gasteiger partial charge in [-0.25, -0.2) is 4.98 Å². The summed E-state index contributed by atoms with van der Waals surface area (Å²) in [5.41, 5.74) is 3.73. The fraction of sp³-hybridized carbons (Fsp3) is 0.500. The highest BCUT2D eigenvalue weighted by Gasteiger charge is 2.33. The van der Waals surface area contributed by atoms with Crippen LogP contribution in [0.4, 0.5) is 0 Å². The molecule has 1 amide bonds. The van der Waals surface area contributed by atoms with Crippen molar-refractivity contribution in [3.8, 4) is 0 Å². The molecule has 1 aromatic heterocycles. The van der Waals surface area contributed by atoms with Crippen LogP contribution in [0.1, 0.15) is 35.6 Å². The number of carbonyl (C=O) groups is 1. The summed E-state index contributed by atoms with van der Waals surface area (Å²) < 4.78 is 0. The maximum atomic E-state index is 12.9. The molecule has 24 heavy (non-hydrogen) atoms. The molecule has 2 atom stereocenters.